The summed E-state index contributed by atoms with van der Waals surface area (Å²) >= 11 is 1.34. The predicted molar refractivity (Wildman–Crippen MR) is 105 cm³/mol. The maximum Gasteiger partial charge on any atom is 0.288 e. The Morgan fingerprint density at radius 1 is 1.39 bits per heavy atom. The minimum Gasteiger partial charge on any atom is -0.348 e. The van der Waals surface area contributed by atoms with Crippen molar-refractivity contribution in [3.63, 3.8) is 0 Å². The van der Waals surface area contributed by atoms with Gasteiger partial charge in [-0.15, -0.1) is 5.10 Å². The van der Waals surface area contributed by atoms with Crippen LogP contribution in [-0.2, 0) is 6.54 Å². The number of amides is 1. The Bertz CT molecular complexity index is 1080. The first-order valence-corrected chi connectivity index (χ1v) is 10.00. The van der Waals surface area contributed by atoms with Crippen molar-refractivity contribution in [3.8, 4) is 0 Å². The monoisotopic (exact) mass is 401 g/mol. The molecular formula is C19H20FN5O2S. The minimum absolute atomic E-state index is 0.0123. The van der Waals surface area contributed by atoms with Gasteiger partial charge in [-0.3, -0.25) is 9.59 Å². The third-order valence-electron chi connectivity index (χ3n) is 4.85. The summed E-state index contributed by atoms with van der Waals surface area (Å²) in [5, 5.41) is 7.70. The summed E-state index contributed by atoms with van der Waals surface area (Å²) in [5.74, 6) is -0.436. The van der Waals surface area contributed by atoms with E-state index in [4.69, 9.17) is 0 Å². The van der Waals surface area contributed by atoms with Crippen LogP contribution in [0, 0.1) is 11.7 Å². The highest BCUT2D eigenvalue weighted by molar-refractivity contribution is 7.20. The average molecular weight is 401 g/mol. The smallest absolute Gasteiger partial charge is 0.288 e. The van der Waals surface area contributed by atoms with Crippen LogP contribution in [0.25, 0.3) is 4.96 Å². The number of anilines is 1. The van der Waals surface area contributed by atoms with Crippen LogP contribution in [0.5, 0.6) is 0 Å². The van der Waals surface area contributed by atoms with Crippen molar-refractivity contribution in [2.75, 3.05) is 18.0 Å². The van der Waals surface area contributed by atoms with E-state index in [0.717, 1.165) is 24.6 Å². The Kier molecular flexibility index (Phi) is 5.08. The summed E-state index contributed by atoms with van der Waals surface area (Å²) in [5.41, 5.74) is -0.290. The summed E-state index contributed by atoms with van der Waals surface area (Å²) in [6.45, 7) is 3.98. The summed E-state index contributed by atoms with van der Waals surface area (Å²) in [6.07, 6.45) is 3.53. The van der Waals surface area contributed by atoms with Gasteiger partial charge in [0, 0.05) is 31.4 Å². The number of halogens is 1. The highest BCUT2D eigenvalue weighted by Gasteiger charge is 2.22. The van der Waals surface area contributed by atoms with Crippen molar-refractivity contribution >= 4 is 27.3 Å². The van der Waals surface area contributed by atoms with Gasteiger partial charge in [-0.2, -0.15) is 4.52 Å². The molecule has 0 unspecified atom stereocenters. The van der Waals surface area contributed by atoms with Gasteiger partial charge in [0.2, 0.25) is 10.1 Å². The quantitative estimate of drug-likeness (QED) is 0.727. The molecule has 0 bridgehead atoms. The lowest BCUT2D eigenvalue weighted by Gasteiger charge is -2.30. The number of benzene rings is 1. The molecule has 28 heavy (non-hydrogen) atoms. The third-order valence-corrected chi connectivity index (χ3v) is 5.83. The topological polar surface area (TPSA) is 79.6 Å². The van der Waals surface area contributed by atoms with Gasteiger partial charge in [0.25, 0.3) is 11.5 Å². The summed E-state index contributed by atoms with van der Waals surface area (Å²) in [7, 11) is 0. The SMILES string of the molecule is C[C@@H]1CCCN(c2nn3c(=O)c(C(=O)NCc4ccccc4F)cnc3s2)C1. The van der Waals surface area contributed by atoms with Crippen molar-refractivity contribution in [2.24, 2.45) is 5.92 Å². The third kappa shape index (κ3) is 3.62. The number of nitrogens with zero attached hydrogens (tertiary/aromatic N) is 4. The van der Waals surface area contributed by atoms with Gasteiger partial charge in [0.05, 0.1) is 0 Å². The van der Waals surface area contributed by atoms with Crippen LogP contribution in [0.4, 0.5) is 9.52 Å². The van der Waals surface area contributed by atoms with Crippen molar-refractivity contribution in [1.29, 1.82) is 0 Å². The maximum absolute atomic E-state index is 13.7. The molecule has 146 valence electrons. The van der Waals surface area contributed by atoms with E-state index in [2.05, 4.69) is 27.2 Å². The fourth-order valence-electron chi connectivity index (χ4n) is 3.34. The van der Waals surface area contributed by atoms with Gasteiger partial charge >= 0.3 is 0 Å². The Morgan fingerprint density at radius 2 is 2.21 bits per heavy atom. The molecule has 3 aromatic rings. The molecule has 1 N–H and O–H groups in total. The second kappa shape index (κ2) is 7.67. The van der Waals surface area contributed by atoms with Crippen LogP contribution in [0.15, 0.2) is 35.3 Å². The van der Waals surface area contributed by atoms with Crippen LogP contribution in [0.3, 0.4) is 0 Å². The Hall–Kier alpha value is -2.81. The minimum atomic E-state index is -0.601. The summed E-state index contributed by atoms with van der Waals surface area (Å²) in [4.78, 5) is 32.0. The largest absolute Gasteiger partial charge is 0.348 e. The fraction of sp³-hybridized carbons (Fsp3) is 0.368. The van der Waals surface area contributed by atoms with Crippen molar-refractivity contribution in [1.82, 2.24) is 19.9 Å². The molecule has 1 aliphatic rings. The second-order valence-electron chi connectivity index (χ2n) is 7.02. The number of carbonyl (C=O) groups is 1. The van der Waals surface area contributed by atoms with Crippen molar-refractivity contribution in [2.45, 2.75) is 26.3 Å². The van der Waals surface area contributed by atoms with E-state index < -0.39 is 17.3 Å². The molecule has 1 fully saturated rings. The predicted octanol–water partition coefficient (Wildman–Crippen LogP) is 2.46. The van der Waals surface area contributed by atoms with E-state index in [0.29, 0.717) is 16.4 Å². The normalized spacial score (nSPS) is 17.1. The first kappa shape index (κ1) is 18.5. The Labute approximate surface area is 164 Å². The van der Waals surface area contributed by atoms with Crippen LogP contribution in [0.2, 0.25) is 0 Å². The molecule has 0 aliphatic carbocycles. The number of hydrogen-bond acceptors (Lipinski definition) is 6. The zero-order chi connectivity index (χ0) is 19.7. The average Bonchev–Trinajstić information content (AvgIpc) is 3.13. The zero-order valence-electron chi connectivity index (χ0n) is 15.4. The maximum atomic E-state index is 13.7. The van der Waals surface area contributed by atoms with E-state index in [1.807, 2.05) is 0 Å². The number of carbonyl (C=O) groups excluding carboxylic acids is 1. The molecule has 4 rings (SSSR count). The van der Waals surface area contributed by atoms with Crippen LogP contribution >= 0.6 is 11.3 Å². The Balaban J connectivity index is 1.56. The molecule has 2 aromatic heterocycles. The molecule has 0 saturated carbocycles. The van der Waals surface area contributed by atoms with Gasteiger partial charge in [0.15, 0.2) is 0 Å². The van der Waals surface area contributed by atoms with E-state index in [-0.39, 0.29) is 12.1 Å². The van der Waals surface area contributed by atoms with Crippen LogP contribution in [0.1, 0.15) is 35.7 Å². The first-order valence-electron chi connectivity index (χ1n) is 9.18. The molecule has 1 saturated heterocycles. The summed E-state index contributed by atoms with van der Waals surface area (Å²) < 4.78 is 14.9. The number of rotatable bonds is 4. The fourth-order valence-corrected chi connectivity index (χ4v) is 4.23. The Morgan fingerprint density at radius 3 is 3.00 bits per heavy atom. The lowest BCUT2D eigenvalue weighted by Crippen LogP contribution is -2.34. The molecule has 7 nitrogen and oxygen atoms in total. The molecule has 1 amide bonds. The van der Waals surface area contributed by atoms with Crippen LogP contribution < -0.4 is 15.8 Å². The molecule has 0 spiro atoms. The van der Waals surface area contributed by atoms with E-state index in [1.165, 1.54) is 34.5 Å². The molecule has 1 atom stereocenters. The number of fused-ring (bicyclic) bond motifs is 1. The van der Waals surface area contributed by atoms with Gasteiger partial charge in [-0.25, -0.2) is 9.37 Å². The number of hydrogen-bond donors (Lipinski definition) is 1. The van der Waals surface area contributed by atoms with E-state index in [1.54, 1.807) is 18.2 Å². The van der Waals surface area contributed by atoms with Gasteiger partial charge in [-0.1, -0.05) is 36.5 Å². The molecule has 9 heteroatoms. The standard InChI is InChI=1S/C19H20FN5O2S/c1-12-5-4-8-24(11-12)19-23-25-17(27)14(10-22-18(25)28-19)16(26)21-9-13-6-2-3-7-15(13)20/h2-3,6-7,10,12H,4-5,8-9,11H2,1H3,(H,21,26)/t12-/m1/s1. The molecule has 1 aliphatic heterocycles. The van der Waals surface area contributed by atoms with E-state index >= 15 is 0 Å². The van der Waals surface area contributed by atoms with Gasteiger partial charge in [0.1, 0.15) is 11.4 Å². The van der Waals surface area contributed by atoms with Gasteiger partial charge in [-0.05, 0) is 24.8 Å². The molecule has 0 radical (unpaired) electrons. The first-order chi connectivity index (χ1) is 13.5. The van der Waals surface area contributed by atoms with Crippen molar-refractivity contribution in [3.05, 3.63) is 57.8 Å². The van der Waals surface area contributed by atoms with Gasteiger partial charge < -0.3 is 10.2 Å². The number of aromatic nitrogens is 3. The second-order valence-corrected chi connectivity index (χ2v) is 7.96. The molecule has 1 aromatic carbocycles. The highest BCUT2D eigenvalue weighted by atomic mass is 32.1. The van der Waals surface area contributed by atoms with E-state index in [9.17, 15) is 14.0 Å². The van der Waals surface area contributed by atoms with Crippen LogP contribution in [-0.4, -0.2) is 33.6 Å². The summed E-state index contributed by atoms with van der Waals surface area (Å²) in [6, 6.07) is 6.16. The highest BCUT2D eigenvalue weighted by Crippen LogP contribution is 2.26. The molecular weight excluding hydrogens is 381 g/mol. The van der Waals surface area contributed by atoms with Crippen molar-refractivity contribution < 1.29 is 9.18 Å². The number of piperidine rings is 1. The zero-order valence-corrected chi connectivity index (χ0v) is 16.2. The number of nitrogens with one attached hydrogen (secondary N) is 1. The lowest BCUT2D eigenvalue weighted by molar-refractivity contribution is 0.0948. The molecule has 3 heterocycles. The lowest BCUT2D eigenvalue weighted by atomic mass is 10.0.